The van der Waals surface area contributed by atoms with Gasteiger partial charge in [-0.3, -0.25) is 0 Å². The van der Waals surface area contributed by atoms with Crippen molar-refractivity contribution in [1.29, 1.82) is 0 Å². The molecule has 1 aliphatic heterocycles. The molecule has 0 spiro atoms. The van der Waals surface area contributed by atoms with Gasteiger partial charge in [-0.15, -0.1) is 20.3 Å². The minimum atomic E-state index is -1.39. The topological polar surface area (TPSA) is 155 Å². The van der Waals surface area contributed by atoms with E-state index < -0.39 is 48.3 Å². The molecule has 16 nitrogen and oxygen atoms in total. The maximum atomic E-state index is 12.8. The van der Waals surface area contributed by atoms with E-state index in [9.17, 15) is 19.2 Å². The number of nitrogens with zero attached hydrogens (tertiary/aromatic N) is 4. The van der Waals surface area contributed by atoms with Gasteiger partial charge in [0.25, 0.3) is 0 Å². The molecular weight excluding hydrogens is 600 g/mol. The molecule has 244 valence electrons. The maximum absolute atomic E-state index is 12.8. The molecular formula is C24H44N4O12S2. The summed E-state index contributed by atoms with van der Waals surface area (Å²) >= 11 is 2.77. The van der Waals surface area contributed by atoms with Crippen molar-refractivity contribution in [2.24, 2.45) is 0 Å². The van der Waals surface area contributed by atoms with E-state index >= 15 is 0 Å². The van der Waals surface area contributed by atoms with E-state index in [4.69, 9.17) is 38.3 Å². The number of ether oxygens (including phenoxy) is 4. The Morgan fingerprint density at radius 1 is 0.452 bits per heavy atom. The standard InChI is InChI=1S/C24H44N4O12S2/c1-25(2)37-21(29)17-18(22(30)38-26(3)4)34-10-14-42-16-12-36-20(24(32)40-28(7)8)19(23(31)39-27(5)6)35-11-15-41-13-9-33-17/h17-20H,9-16H2,1-8H3/t17-,18-,19-,20-/m1/s1. The Morgan fingerprint density at radius 2 is 0.643 bits per heavy atom. The van der Waals surface area contributed by atoms with Crippen LogP contribution in [0.5, 0.6) is 0 Å². The number of thioether (sulfide) groups is 2. The molecule has 1 aliphatic rings. The molecule has 1 fully saturated rings. The van der Waals surface area contributed by atoms with Gasteiger partial charge < -0.3 is 38.3 Å². The SMILES string of the molecule is CN(C)OC(=O)[C@@H]1OCCSCCO[C@@H](C(=O)ON(C)C)[C@H](C(=O)ON(C)C)OCCSCCO[C@H]1C(=O)ON(C)C. The van der Waals surface area contributed by atoms with E-state index in [1.807, 2.05) is 0 Å². The first-order valence-corrected chi connectivity index (χ1v) is 15.3. The van der Waals surface area contributed by atoms with Gasteiger partial charge in [0.2, 0.25) is 0 Å². The van der Waals surface area contributed by atoms with Crippen LogP contribution in [0, 0.1) is 0 Å². The van der Waals surface area contributed by atoms with E-state index in [0.717, 1.165) is 0 Å². The molecule has 0 N–H and O–H groups in total. The average Bonchev–Trinajstić information content (AvgIpc) is 2.86. The van der Waals surface area contributed by atoms with Gasteiger partial charge in [0.05, 0.1) is 26.4 Å². The molecule has 1 heterocycles. The van der Waals surface area contributed by atoms with Crippen molar-refractivity contribution in [2.75, 3.05) is 106 Å². The van der Waals surface area contributed by atoms with Crippen LogP contribution in [-0.2, 0) is 57.5 Å². The molecule has 0 aliphatic carbocycles. The molecule has 0 aromatic carbocycles. The van der Waals surface area contributed by atoms with Gasteiger partial charge in [-0.2, -0.15) is 23.5 Å². The zero-order valence-electron chi connectivity index (χ0n) is 25.5. The Balaban J connectivity index is 3.10. The largest absolute Gasteiger partial charge is 0.366 e. The van der Waals surface area contributed by atoms with Crippen LogP contribution in [0.4, 0.5) is 0 Å². The lowest BCUT2D eigenvalue weighted by Crippen LogP contribution is -2.48. The molecule has 0 saturated carbocycles. The number of hydrogen-bond acceptors (Lipinski definition) is 18. The molecule has 0 unspecified atom stereocenters. The minimum Gasteiger partial charge on any atom is -0.366 e. The van der Waals surface area contributed by atoms with E-state index in [2.05, 4.69) is 0 Å². The summed E-state index contributed by atoms with van der Waals surface area (Å²) in [6.45, 7) is 0.201. The summed E-state index contributed by atoms with van der Waals surface area (Å²) < 4.78 is 23.1. The van der Waals surface area contributed by atoms with Crippen LogP contribution in [0.1, 0.15) is 0 Å². The second-order valence-electron chi connectivity index (χ2n) is 9.28. The van der Waals surface area contributed by atoms with Crippen molar-refractivity contribution in [3.8, 4) is 0 Å². The molecule has 0 bridgehead atoms. The lowest BCUT2D eigenvalue weighted by molar-refractivity contribution is -0.215. The third-order valence-electron chi connectivity index (χ3n) is 4.67. The highest BCUT2D eigenvalue weighted by Gasteiger charge is 2.41. The van der Waals surface area contributed by atoms with Gasteiger partial charge in [-0.1, -0.05) is 0 Å². The monoisotopic (exact) mass is 644 g/mol. The zero-order chi connectivity index (χ0) is 31.7. The highest BCUT2D eigenvalue weighted by Crippen LogP contribution is 2.16. The summed E-state index contributed by atoms with van der Waals surface area (Å²) in [7, 11) is 12.2. The van der Waals surface area contributed by atoms with Crippen molar-refractivity contribution in [2.45, 2.75) is 24.4 Å². The van der Waals surface area contributed by atoms with Crippen LogP contribution in [-0.4, -0.2) is 174 Å². The Morgan fingerprint density at radius 3 is 0.810 bits per heavy atom. The van der Waals surface area contributed by atoms with Crippen LogP contribution in [0.25, 0.3) is 0 Å². The van der Waals surface area contributed by atoms with Gasteiger partial charge in [-0.05, 0) is 0 Å². The van der Waals surface area contributed by atoms with Crippen molar-refractivity contribution in [3.05, 3.63) is 0 Å². The highest BCUT2D eigenvalue weighted by atomic mass is 32.2. The van der Waals surface area contributed by atoms with Crippen molar-refractivity contribution in [3.63, 3.8) is 0 Å². The fourth-order valence-electron chi connectivity index (χ4n) is 3.18. The van der Waals surface area contributed by atoms with E-state index in [0.29, 0.717) is 23.0 Å². The first kappa shape index (κ1) is 38.3. The van der Waals surface area contributed by atoms with Gasteiger partial charge in [0.15, 0.2) is 24.4 Å². The van der Waals surface area contributed by atoms with Crippen molar-refractivity contribution >= 4 is 47.4 Å². The Kier molecular flexibility index (Phi) is 19.2. The number of hydrogen-bond donors (Lipinski definition) is 0. The fourth-order valence-corrected chi connectivity index (χ4v) is 4.45. The van der Waals surface area contributed by atoms with Crippen LogP contribution in [0.3, 0.4) is 0 Å². The third kappa shape index (κ3) is 15.6. The summed E-state index contributed by atoms with van der Waals surface area (Å²) in [5.41, 5.74) is 0. The number of rotatable bonds is 8. The second kappa shape index (κ2) is 21.0. The Hall–Kier alpha value is -1.74. The molecule has 0 aromatic heterocycles. The Bertz CT molecular complexity index is 707. The third-order valence-corrected chi connectivity index (χ3v) is 6.49. The van der Waals surface area contributed by atoms with Gasteiger partial charge >= 0.3 is 23.9 Å². The summed E-state index contributed by atoms with van der Waals surface area (Å²) in [5, 5.41) is 4.75. The summed E-state index contributed by atoms with van der Waals surface area (Å²) in [6.07, 6.45) is -5.56. The summed E-state index contributed by atoms with van der Waals surface area (Å²) in [6, 6.07) is 0. The van der Waals surface area contributed by atoms with E-state index in [1.54, 1.807) is 0 Å². The summed E-state index contributed by atoms with van der Waals surface area (Å²) in [5.74, 6) is -1.73. The summed E-state index contributed by atoms with van der Waals surface area (Å²) in [4.78, 5) is 72.0. The molecule has 1 rings (SSSR count). The van der Waals surface area contributed by atoms with Crippen LogP contribution in [0.15, 0.2) is 0 Å². The van der Waals surface area contributed by atoms with Crippen LogP contribution < -0.4 is 0 Å². The van der Waals surface area contributed by atoms with Gasteiger partial charge in [0.1, 0.15) is 0 Å². The molecule has 42 heavy (non-hydrogen) atoms. The van der Waals surface area contributed by atoms with E-state index in [1.165, 1.54) is 100 Å². The highest BCUT2D eigenvalue weighted by molar-refractivity contribution is 7.99. The van der Waals surface area contributed by atoms with Crippen molar-refractivity contribution < 1.29 is 57.5 Å². The number of hydroxylamine groups is 8. The minimum absolute atomic E-state index is 0.0503. The predicted molar refractivity (Wildman–Crippen MR) is 153 cm³/mol. The Labute approximate surface area is 255 Å². The average molecular weight is 645 g/mol. The van der Waals surface area contributed by atoms with Crippen molar-refractivity contribution in [1.82, 2.24) is 20.3 Å². The van der Waals surface area contributed by atoms with Crippen LogP contribution in [0.2, 0.25) is 0 Å². The second-order valence-corrected chi connectivity index (χ2v) is 11.7. The van der Waals surface area contributed by atoms with Gasteiger partial charge in [-0.25, -0.2) is 19.2 Å². The first-order valence-electron chi connectivity index (χ1n) is 13.0. The van der Waals surface area contributed by atoms with Gasteiger partial charge in [0, 0.05) is 79.4 Å². The number of carbonyl (C=O) groups is 4. The predicted octanol–water partition coefficient (Wildman–Crippen LogP) is -0.914. The first-order chi connectivity index (χ1) is 19.8. The van der Waals surface area contributed by atoms with E-state index in [-0.39, 0.29) is 26.4 Å². The maximum Gasteiger partial charge on any atom is 0.357 e. The zero-order valence-corrected chi connectivity index (χ0v) is 27.1. The molecule has 4 atom stereocenters. The molecule has 0 aromatic rings. The quantitative estimate of drug-likeness (QED) is 0.299. The molecule has 0 amide bonds. The molecule has 18 heteroatoms. The lowest BCUT2D eigenvalue weighted by atomic mass is 10.2. The fraction of sp³-hybridized carbons (Fsp3) is 0.833. The normalized spacial score (nSPS) is 24.1. The van der Waals surface area contributed by atoms with Crippen LogP contribution >= 0.6 is 23.5 Å². The molecule has 1 saturated heterocycles. The molecule has 0 radical (unpaired) electrons. The number of carbonyl (C=O) groups excluding carboxylic acids is 4. The smallest absolute Gasteiger partial charge is 0.357 e. The lowest BCUT2D eigenvalue weighted by Gasteiger charge is -2.27.